The molecular formula is C4H12NO4P. The third kappa shape index (κ3) is 6.19. The smallest absolute Gasteiger partial charge is 0.339 e. The first kappa shape index (κ1) is 10.1. The maximum absolute atomic E-state index is 10.3. The van der Waals surface area contributed by atoms with Crippen LogP contribution < -0.4 is 0 Å². The molecule has 0 aliphatic carbocycles. The van der Waals surface area contributed by atoms with Gasteiger partial charge in [0.05, 0.1) is 6.61 Å². The fourth-order valence-electron chi connectivity index (χ4n) is 0.556. The van der Waals surface area contributed by atoms with Crippen LogP contribution in [0, 0.1) is 0 Å². The lowest BCUT2D eigenvalue weighted by Gasteiger charge is -2.14. The first-order valence-corrected chi connectivity index (χ1v) is 4.59. The normalized spacial score (nSPS) is 12.5. The predicted molar refractivity (Wildman–Crippen MR) is 36.6 cm³/mol. The fraction of sp³-hybridized carbons (Fsp3) is 1.00. The summed E-state index contributed by atoms with van der Waals surface area (Å²) >= 11 is 0. The fourth-order valence-corrected chi connectivity index (χ4v) is 1.33. The lowest BCUT2D eigenvalue weighted by Crippen LogP contribution is -2.23. The summed E-state index contributed by atoms with van der Waals surface area (Å²) in [5.41, 5.74) is 0. The Morgan fingerprint density at radius 1 is 1.50 bits per heavy atom. The van der Waals surface area contributed by atoms with E-state index in [2.05, 4.69) is 0 Å². The van der Waals surface area contributed by atoms with Gasteiger partial charge in [0.25, 0.3) is 0 Å². The highest BCUT2D eigenvalue weighted by Crippen LogP contribution is 2.34. The SMILES string of the molecule is CN(CCO)CP(=O)(O)O. The first-order valence-electron chi connectivity index (χ1n) is 2.79. The molecule has 0 saturated heterocycles. The van der Waals surface area contributed by atoms with Gasteiger partial charge in [-0.2, -0.15) is 0 Å². The minimum atomic E-state index is -3.94. The Balaban J connectivity index is 3.58. The number of hydrogen-bond acceptors (Lipinski definition) is 3. The Morgan fingerprint density at radius 3 is 2.30 bits per heavy atom. The molecule has 10 heavy (non-hydrogen) atoms. The zero-order valence-electron chi connectivity index (χ0n) is 5.77. The average Bonchev–Trinajstić information content (AvgIpc) is 1.59. The maximum atomic E-state index is 10.3. The van der Waals surface area contributed by atoms with E-state index < -0.39 is 7.60 Å². The number of hydrogen-bond donors (Lipinski definition) is 3. The largest absolute Gasteiger partial charge is 0.395 e. The van der Waals surface area contributed by atoms with Crippen LogP contribution in [-0.4, -0.2) is 46.3 Å². The summed E-state index contributed by atoms with van der Waals surface area (Å²) in [7, 11) is -2.40. The summed E-state index contributed by atoms with van der Waals surface area (Å²) in [5, 5.41) is 8.34. The van der Waals surface area contributed by atoms with E-state index in [1.54, 1.807) is 0 Å². The molecule has 0 spiro atoms. The first-order chi connectivity index (χ1) is 4.45. The zero-order valence-corrected chi connectivity index (χ0v) is 6.66. The predicted octanol–water partition coefficient (Wildman–Crippen LogP) is -0.954. The van der Waals surface area contributed by atoms with Crippen LogP contribution in [0.1, 0.15) is 0 Å². The van der Waals surface area contributed by atoms with Crippen molar-refractivity contribution in [2.75, 3.05) is 26.5 Å². The molecule has 5 nitrogen and oxygen atoms in total. The topological polar surface area (TPSA) is 81.0 Å². The number of likely N-dealkylation sites (N-methyl/N-ethyl adjacent to an activating group) is 1. The molecule has 0 aromatic carbocycles. The van der Waals surface area contributed by atoms with Crippen LogP contribution in [0.25, 0.3) is 0 Å². The van der Waals surface area contributed by atoms with Gasteiger partial charge in [0.1, 0.15) is 6.29 Å². The van der Waals surface area contributed by atoms with Gasteiger partial charge in [-0.15, -0.1) is 0 Å². The Hall–Kier alpha value is 0.0700. The summed E-state index contributed by atoms with van der Waals surface area (Å²) in [5.74, 6) is 0. The van der Waals surface area contributed by atoms with Crippen molar-refractivity contribution in [3.63, 3.8) is 0 Å². The van der Waals surface area contributed by atoms with Crippen LogP contribution in [-0.2, 0) is 4.57 Å². The van der Waals surface area contributed by atoms with Gasteiger partial charge in [-0.1, -0.05) is 0 Å². The number of nitrogens with zero attached hydrogens (tertiary/aromatic N) is 1. The minimum Gasteiger partial charge on any atom is -0.395 e. The van der Waals surface area contributed by atoms with Gasteiger partial charge in [-0.3, -0.25) is 9.46 Å². The standard InChI is InChI=1S/C4H12NO4P/c1-5(2-3-6)4-10(7,8)9/h6H,2-4H2,1H3,(H2,7,8,9). The van der Waals surface area contributed by atoms with E-state index in [1.165, 1.54) is 11.9 Å². The van der Waals surface area contributed by atoms with Gasteiger partial charge < -0.3 is 14.9 Å². The van der Waals surface area contributed by atoms with E-state index in [4.69, 9.17) is 14.9 Å². The van der Waals surface area contributed by atoms with Crippen LogP contribution in [0.3, 0.4) is 0 Å². The Labute approximate surface area is 59.4 Å². The lowest BCUT2D eigenvalue weighted by atomic mass is 10.6. The summed E-state index contributed by atoms with van der Waals surface area (Å²) in [4.78, 5) is 18.2. The van der Waals surface area contributed by atoms with Crippen molar-refractivity contribution in [3.8, 4) is 0 Å². The number of aliphatic hydroxyl groups is 1. The Morgan fingerprint density at radius 2 is 2.00 bits per heavy atom. The Kier molecular flexibility index (Phi) is 4.08. The number of aliphatic hydroxyl groups excluding tert-OH is 1. The minimum absolute atomic E-state index is 0.0868. The van der Waals surface area contributed by atoms with Crippen LogP contribution in [0.2, 0.25) is 0 Å². The maximum Gasteiger partial charge on any atom is 0.339 e. The van der Waals surface area contributed by atoms with E-state index >= 15 is 0 Å². The molecule has 6 heteroatoms. The quantitative estimate of drug-likeness (QED) is 0.472. The van der Waals surface area contributed by atoms with Crippen molar-refractivity contribution >= 4 is 7.60 Å². The second kappa shape index (κ2) is 4.05. The van der Waals surface area contributed by atoms with E-state index in [-0.39, 0.29) is 19.4 Å². The highest BCUT2D eigenvalue weighted by molar-refractivity contribution is 7.51. The average molecular weight is 169 g/mol. The third-order valence-electron chi connectivity index (χ3n) is 0.907. The van der Waals surface area contributed by atoms with Crippen LogP contribution >= 0.6 is 7.60 Å². The summed E-state index contributed by atoms with van der Waals surface area (Å²) in [6.45, 7) is 0.196. The Bertz CT molecular complexity index is 133. The molecule has 0 amide bonds. The van der Waals surface area contributed by atoms with Crippen molar-refractivity contribution in [3.05, 3.63) is 0 Å². The van der Waals surface area contributed by atoms with Gasteiger partial charge in [-0.25, -0.2) is 0 Å². The van der Waals surface area contributed by atoms with Crippen LogP contribution in [0.4, 0.5) is 0 Å². The molecule has 0 heterocycles. The van der Waals surface area contributed by atoms with Gasteiger partial charge in [-0.05, 0) is 7.05 Å². The number of rotatable bonds is 4. The summed E-state index contributed by atoms with van der Waals surface area (Å²) < 4.78 is 10.3. The molecule has 3 N–H and O–H groups in total. The molecular weight excluding hydrogens is 157 g/mol. The summed E-state index contributed by atoms with van der Waals surface area (Å²) in [6.07, 6.45) is -0.298. The zero-order chi connectivity index (χ0) is 8.20. The molecule has 0 fully saturated rings. The van der Waals surface area contributed by atoms with Gasteiger partial charge in [0, 0.05) is 6.54 Å². The van der Waals surface area contributed by atoms with Gasteiger partial charge in [0.2, 0.25) is 0 Å². The van der Waals surface area contributed by atoms with E-state index in [0.29, 0.717) is 0 Å². The molecule has 0 aromatic rings. The molecule has 0 rings (SSSR count). The molecule has 0 bridgehead atoms. The molecule has 0 aliphatic rings. The van der Waals surface area contributed by atoms with E-state index in [0.717, 1.165) is 0 Å². The molecule has 62 valence electrons. The van der Waals surface area contributed by atoms with Crippen LogP contribution in [0.15, 0.2) is 0 Å². The second-order valence-electron chi connectivity index (χ2n) is 2.11. The van der Waals surface area contributed by atoms with E-state index in [9.17, 15) is 4.57 Å². The highest BCUT2D eigenvalue weighted by Gasteiger charge is 2.15. The third-order valence-corrected chi connectivity index (χ3v) is 1.76. The van der Waals surface area contributed by atoms with Gasteiger partial charge in [0.15, 0.2) is 0 Å². The molecule has 0 unspecified atom stereocenters. The van der Waals surface area contributed by atoms with E-state index in [1.807, 2.05) is 0 Å². The molecule has 0 atom stereocenters. The highest BCUT2D eigenvalue weighted by atomic mass is 31.2. The van der Waals surface area contributed by atoms with Gasteiger partial charge >= 0.3 is 7.60 Å². The van der Waals surface area contributed by atoms with Crippen molar-refractivity contribution < 1.29 is 19.5 Å². The molecule has 0 radical (unpaired) electrons. The van der Waals surface area contributed by atoms with Crippen LogP contribution in [0.5, 0.6) is 0 Å². The van der Waals surface area contributed by atoms with Crippen molar-refractivity contribution in [2.45, 2.75) is 0 Å². The monoisotopic (exact) mass is 169 g/mol. The summed E-state index contributed by atoms with van der Waals surface area (Å²) in [6, 6.07) is 0. The molecule has 0 aromatic heterocycles. The van der Waals surface area contributed by atoms with Crippen molar-refractivity contribution in [1.82, 2.24) is 4.90 Å². The molecule has 0 aliphatic heterocycles. The van der Waals surface area contributed by atoms with Crippen molar-refractivity contribution in [1.29, 1.82) is 0 Å². The lowest BCUT2D eigenvalue weighted by molar-refractivity contribution is 0.227. The van der Waals surface area contributed by atoms with Crippen molar-refractivity contribution in [2.24, 2.45) is 0 Å². The molecule has 0 saturated carbocycles. The second-order valence-corrected chi connectivity index (χ2v) is 3.72.